The van der Waals surface area contributed by atoms with E-state index in [1.54, 1.807) is 6.20 Å². The Labute approximate surface area is 171 Å². The third-order valence-corrected chi connectivity index (χ3v) is 5.75. The van der Waals surface area contributed by atoms with Crippen molar-refractivity contribution < 1.29 is 4.42 Å². The monoisotopic (exact) mass is 385 g/mol. The second-order valence-electron chi connectivity index (χ2n) is 9.25. The van der Waals surface area contributed by atoms with Crippen molar-refractivity contribution in [3.8, 4) is 0 Å². The summed E-state index contributed by atoms with van der Waals surface area (Å²) in [4.78, 5) is 9.39. The summed E-state index contributed by atoms with van der Waals surface area (Å²) in [6.45, 7) is 12.3. The summed E-state index contributed by atoms with van der Waals surface area (Å²) in [5.41, 5.74) is 6.65. The Morgan fingerprint density at radius 2 is 1.72 bits per heavy atom. The molecule has 2 aromatic heterocycles. The molecule has 0 radical (unpaired) electrons. The number of aryl methyl sites for hydroxylation is 1. The Hall–Kier alpha value is -3.01. The molecule has 4 aromatic rings. The number of para-hydroxylation sites is 2. The summed E-state index contributed by atoms with van der Waals surface area (Å²) < 4.78 is 6.31. The van der Waals surface area contributed by atoms with Gasteiger partial charge in [0.05, 0.1) is 17.1 Å². The number of furan rings is 1. The number of pyridine rings is 1. The number of aromatic nitrogens is 1. The van der Waals surface area contributed by atoms with E-state index in [9.17, 15) is 0 Å². The van der Waals surface area contributed by atoms with Crippen LogP contribution in [0.5, 0.6) is 0 Å². The average molecular weight is 386 g/mol. The Morgan fingerprint density at radius 3 is 2.48 bits per heavy atom. The molecule has 1 atom stereocenters. The molecule has 2 aromatic carbocycles. The fraction of sp³-hybridized carbons (Fsp3) is 0.320. The maximum Gasteiger partial charge on any atom is 0.227 e. The lowest BCUT2D eigenvalue weighted by Gasteiger charge is -2.35. The molecule has 1 aliphatic heterocycles. The molecule has 0 saturated heterocycles. The fourth-order valence-corrected chi connectivity index (χ4v) is 4.55. The quantitative estimate of drug-likeness (QED) is 0.387. The van der Waals surface area contributed by atoms with Gasteiger partial charge in [-0.25, -0.2) is 4.98 Å². The predicted molar refractivity (Wildman–Crippen MR) is 121 cm³/mol. The average Bonchev–Trinajstić information content (AvgIpc) is 3.17. The van der Waals surface area contributed by atoms with E-state index < -0.39 is 0 Å². The molecular weight excluding hydrogens is 358 g/mol. The van der Waals surface area contributed by atoms with Crippen molar-refractivity contribution in [2.75, 3.05) is 16.3 Å². The van der Waals surface area contributed by atoms with Gasteiger partial charge >= 0.3 is 0 Å². The van der Waals surface area contributed by atoms with Crippen LogP contribution in [0.15, 0.2) is 59.1 Å². The Kier molecular flexibility index (Phi) is 3.89. The van der Waals surface area contributed by atoms with Crippen molar-refractivity contribution in [1.29, 1.82) is 0 Å². The zero-order valence-electron chi connectivity index (χ0n) is 17.7. The van der Waals surface area contributed by atoms with Gasteiger partial charge in [-0.05, 0) is 49.1 Å². The lowest BCUT2D eigenvalue weighted by Crippen LogP contribution is -2.42. The van der Waals surface area contributed by atoms with E-state index in [2.05, 4.69) is 91.9 Å². The first-order valence-electron chi connectivity index (χ1n) is 10.3. The molecule has 0 aliphatic carbocycles. The second kappa shape index (κ2) is 6.24. The number of nitrogens with zero attached hydrogens (tertiary/aromatic N) is 3. The summed E-state index contributed by atoms with van der Waals surface area (Å²) in [7, 11) is 0. The van der Waals surface area contributed by atoms with Gasteiger partial charge in [-0.1, -0.05) is 45.0 Å². The maximum absolute atomic E-state index is 6.31. The normalized spacial score (nSPS) is 16.8. The molecule has 29 heavy (non-hydrogen) atoms. The van der Waals surface area contributed by atoms with E-state index >= 15 is 0 Å². The Morgan fingerprint density at radius 1 is 0.966 bits per heavy atom. The summed E-state index contributed by atoms with van der Waals surface area (Å²) in [6, 6.07) is 17.1. The van der Waals surface area contributed by atoms with Crippen LogP contribution < -0.4 is 9.80 Å². The van der Waals surface area contributed by atoms with Crippen LogP contribution in [-0.4, -0.2) is 17.7 Å². The molecule has 4 heteroatoms. The highest BCUT2D eigenvalue weighted by Crippen LogP contribution is 2.48. The van der Waals surface area contributed by atoms with E-state index in [-0.39, 0.29) is 11.6 Å². The smallest absolute Gasteiger partial charge is 0.227 e. The van der Waals surface area contributed by atoms with Crippen molar-refractivity contribution in [3.05, 3.63) is 60.3 Å². The van der Waals surface area contributed by atoms with Gasteiger partial charge in [-0.2, -0.15) is 0 Å². The van der Waals surface area contributed by atoms with Crippen LogP contribution in [0.25, 0.3) is 22.1 Å². The lowest BCUT2D eigenvalue weighted by molar-refractivity contribution is 0.400. The third-order valence-electron chi connectivity index (χ3n) is 5.75. The number of anilines is 3. The standard InChI is InChI=1S/C25H27N3O/c1-16-12-13-18-19-9-8-14-26-24(19)29-23(18)22(16)28-17(2)27(15-25(3,4)5)20-10-6-7-11-21(20)28/h6-14,17H,15H2,1-5H3/t17-/m0/s1. The molecule has 4 nitrogen and oxygen atoms in total. The van der Waals surface area contributed by atoms with Crippen LogP contribution in [0, 0.1) is 12.3 Å². The van der Waals surface area contributed by atoms with Gasteiger partial charge in [0.1, 0.15) is 6.17 Å². The van der Waals surface area contributed by atoms with Crippen molar-refractivity contribution in [1.82, 2.24) is 4.98 Å². The van der Waals surface area contributed by atoms with Gasteiger partial charge in [0.25, 0.3) is 0 Å². The summed E-state index contributed by atoms with van der Waals surface area (Å²) in [6.07, 6.45) is 1.98. The van der Waals surface area contributed by atoms with Gasteiger partial charge in [-0.15, -0.1) is 0 Å². The highest BCUT2D eigenvalue weighted by Gasteiger charge is 2.37. The number of hydrogen-bond donors (Lipinski definition) is 0. The van der Waals surface area contributed by atoms with Gasteiger partial charge in [-0.3, -0.25) is 0 Å². The van der Waals surface area contributed by atoms with Crippen LogP contribution in [0.4, 0.5) is 17.1 Å². The molecule has 0 spiro atoms. The molecular formula is C25H27N3O. The summed E-state index contributed by atoms with van der Waals surface area (Å²) in [5, 5.41) is 2.18. The first kappa shape index (κ1) is 18.0. The Balaban J connectivity index is 1.75. The molecule has 5 rings (SSSR count). The number of fused-ring (bicyclic) bond motifs is 4. The highest BCUT2D eigenvalue weighted by atomic mass is 16.3. The minimum Gasteiger partial charge on any atom is -0.435 e. The topological polar surface area (TPSA) is 32.5 Å². The van der Waals surface area contributed by atoms with E-state index in [4.69, 9.17) is 4.42 Å². The van der Waals surface area contributed by atoms with Crippen LogP contribution in [0.1, 0.15) is 33.3 Å². The van der Waals surface area contributed by atoms with E-state index in [1.807, 2.05) is 6.07 Å². The summed E-state index contributed by atoms with van der Waals surface area (Å²) >= 11 is 0. The molecule has 0 amide bonds. The maximum atomic E-state index is 6.31. The minimum absolute atomic E-state index is 0.192. The third kappa shape index (κ3) is 2.78. The highest BCUT2D eigenvalue weighted by molar-refractivity contribution is 6.09. The fourth-order valence-electron chi connectivity index (χ4n) is 4.55. The SMILES string of the molecule is Cc1ccc2c(oc3ncccc32)c1N1c2ccccc2N(CC(C)(C)C)[C@@H]1C. The largest absolute Gasteiger partial charge is 0.435 e. The van der Waals surface area contributed by atoms with E-state index in [0.29, 0.717) is 5.71 Å². The first-order chi connectivity index (χ1) is 13.8. The van der Waals surface area contributed by atoms with Crippen molar-refractivity contribution in [3.63, 3.8) is 0 Å². The molecule has 1 aliphatic rings. The second-order valence-corrected chi connectivity index (χ2v) is 9.25. The number of hydrogen-bond acceptors (Lipinski definition) is 4. The Bertz CT molecular complexity index is 1220. The lowest BCUT2D eigenvalue weighted by atomic mass is 9.95. The zero-order valence-corrected chi connectivity index (χ0v) is 17.7. The number of benzene rings is 2. The molecule has 0 fully saturated rings. The van der Waals surface area contributed by atoms with Crippen LogP contribution in [0.3, 0.4) is 0 Å². The summed E-state index contributed by atoms with van der Waals surface area (Å²) in [5.74, 6) is 0. The van der Waals surface area contributed by atoms with Gasteiger partial charge in [0.15, 0.2) is 5.58 Å². The molecule has 0 unspecified atom stereocenters. The van der Waals surface area contributed by atoms with Crippen molar-refractivity contribution in [2.24, 2.45) is 5.41 Å². The van der Waals surface area contributed by atoms with Crippen LogP contribution in [-0.2, 0) is 0 Å². The van der Waals surface area contributed by atoms with Crippen molar-refractivity contribution >= 4 is 39.1 Å². The van der Waals surface area contributed by atoms with Gasteiger partial charge in [0.2, 0.25) is 5.71 Å². The molecule has 0 N–H and O–H groups in total. The molecule has 148 valence electrons. The van der Waals surface area contributed by atoms with Crippen LogP contribution >= 0.6 is 0 Å². The van der Waals surface area contributed by atoms with Gasteiger partial charge in [0, 0.05) is 23.5 Å². The minimum atomic E-state index is 0.192. The molecule has 0 saturated carbocycles. The zero-order chi connectivity index (χ0) is 20.3. The predicted octanol–water partition coefficient (Wildman–Crippen LogP) is 6.64. The van der Waals surface area contributed by atoms with Crippen LogP contribution in [0.2, 0.25) is 0 Å². The van der Waals surface area contributed by atoms with E-state index in [0.717, 1.165) is 28.6 Å². The molecule has 3 heterocycles. The molecule has 0 bridgehead atoms. The van der Waals surface area contributed by atoms with Crippen molar-refractivity contribution in [2.45, 2.75) is 40.8 Å². The van der Waals surface area contributed by atoms with E-state index in [1.165, 1.54) is 16.9 Å². The van der Waals surface area contributed by atoms with Gasteiger partial charge < -0.3 is 14.2 Å². The number of rotatable bonds is 2. The first-order valence-corrected chi connectivity index (χ1v) is 10.3.